The molecule has 1 saturated heterocycles. The van der Waals surface area contributed by atoms with E-state index < -0.39 is 5.56 Å². The Morgan fingerprint density at radius 2 is 1.94 bits per heavy atom. The molecule has 3 aromatic rings. The van der Waals surface area contributed by atoms with E-state index in [1.165, 1.54) is 0 Å². The van der Waals surface area contributed by atoms with Crippen molar-refractivity contribution in [3.05, 3.63) is 76.1 Å². The highest BCUT2D eigenvalue weighted by Crippen LogP contribution is 2.19. The molecular weight excluding hydrogens is 410 g/mol. The topological polar surface area (TPSA) is 122 Å². The van der Waals surface area contributed by atoms with Gasteiger partial charge in [0.05, 0.1) is 31.7 Å². The normalized spacial score (nSPS) is 13.8. The lowest BCUT2D eigenvalue weighted by Crippen LogP contribution is -2.16. The van der Waals surface area contributed by atoms with Gasteiger partial charge in [0.1, 0.15) is 17.4 Å². The fraction of sp³-hybridized carbons (Fsp3) is 0.217. The van der Waals surface area contributed by atoms with Crippen molar-refractivity contribution in [2.45, 2.75) is 12.7 Å². The number of nitriles is 1. The van der Waals surface area contributed by atoms with Crippen LogP contribution in [0, 0.1) is 11.3 Å². The third kappa shape index (κ3) is 5.37. The van der Waals surface area contributed by atoms with E-state index in [-0.39, 0.29) is 17.8 Å². The van der Waals surface area contributed by atoms with Gasteiger partial charge < -0.3 is 14.2 Å². The van der Waals surface area contributed by atoms with Gasteiger partial charge in [-0.15, -0.1) is 0 Å². The van der Waals surface area contributed by atoms with Crippen molar-refractivity contribution in [2.24, 2.45) is 5.10 Å². The Bertz CT molecular complexity index is 1160. The smallest absolute Gasteiger partial charge is 0.270 e. The molecule has 1 aliphatic heterocycles. The van der Waals surface area contributed by atoms with Crippen LogP contribution in [0.25, 0.3) is 11.3 Å². The van der Waals surface area contributed by atoms with E-state index in [4.69, 9.17) is 14.2 Å². The van der Waals surface area contributed by atoms with Gasteiger partial charge in [0, 0.05) is 12.0 Å². The van der Waals surface area contributed by atoms with E-state index in [2.05, 4.69) is 20.5 Å². The first-order valence-corrected chi connectivity index (χ1v) is 10.1. The summed E-state index contributed by atoms with van der Waals surface area (Å²) in [4.78, 5) is 19.1. The molecule has 2 aromatic carbocycles. The summed E-state index contributed by atoms with van der Waals surface area (Å²) in [5, 5.41) is 13.4. The first-order valence-electron chi connectivity index (χ1n) is 10.1. The first kappa shape index (κ1) is 21.2. The molecule has 0 saturated carbocycles. The van der Waals surface area contributed by atoms with Crippen molar-refractivity contribution in [3.63, 3.8) is 0 Å². The second kappa shape index (κ2) is 10.3. The summed E-state index contributed by atoms with van der Waals surface area (Å²) in [5.74, 6) is 0.874. The summed E-state index contributed by atoms with van der Waals surface area (Å²) in [6.45, 7) is 1.76. The minimum absolute atomic E-state index is 0.0487. The number of hydrogen-bond donors (Lipinski definition) is 2. The van der Waals surface area contributed by atoms with Crippen molar-refractivity contribution < 1.29 is 14.2 Å². The molecule has 4 rings (SSSR count). The number of rotatable bonds is 8. The Kier molecular flexibility index (Phi) is 6.87. The highest BCUT2D eigenvalue weighted by molar-refractivity contribution is 5.80. The number of nitrogens with one attached hydrogen (secondary N) is 2. The first-order chi connectivity index (χ1) is 15.7. The number of hydrazone groups is 1. The third-order valence-electron chi connectivity index (χ3n) is 4.66. The summed E-state index contributed by atoms with van der Waals surface area (Å²) in [6.07, 6.45) is 2.08. The molecule has 0 amide bonds. The number of nitrogens with zero attached hydrogens (tertiary/aromatic N) is 3. The number of ether oxygens (including phenoxy) is 3. The standard InChI is InChI=1S/C23H21N5O4/c24-14-19-21(17-4-2-1-3-5-17)26-23(27-22(19)29)28-25-15-16-6-8-18(9-7-16)30-11-10-20-31-12-13-32-20/h1-9,15,20H,10-13H2,(H2,26,27,28,29). The van der Waals surface area contributed by atoms with Crippen LogP contribution in [0.4, 0.5) is 5.95 Å². The van der Waals surface area contributed by atoms with Gasteiger partial charge in [0.2, 0.25) is 5.95 Å². The van der Waals surface area contributed by atoms with Crippen LogP contribution in [-0.2, 0) is 9.47 Å². The second-order valence-corrected chi connectivity index (χ2v) is 6.86. The third-order valence-corrected chi connectivity index (χ3v) is 4.66. The summed E-state index contributed by atoms with van der Waals surface area (Å²) in [7, 11) is 0. The molecule has 0 bridgehead atoms. The van der Waals surface area contributed by atoms with E-state index in [9.17, 15) is 10.1 Å². The van der Waals surface area contributed by atoms with E-state index in [0.717, 1.165) is 11.3 Å². The highest BCUT2D eigenvalue weighted by Gasteiger charge is 2.15. The van der Waals surface area contributed by atoms with Crippen LogP contribution in [0.1, 0.15) is 17.5 Å². The Morgan fingerprint density at radius 3 is 2.66 bits per heavy atom. The van der Waals surface area contributed by atoms with Crippen molar-refractivity contribution >= 4 is 12.2 Å². The molecule has 2 N–H and O–H groups in total. The van der Waals surface area contributed by atoms with E-state index in [0.29, 0.717) is 37.5 Å². The fourth-order valence-electron chi connectivity index (χ4n) is 3.10. The molecule has 0 aliphatic carbocycles. The molecule has 0 radical (unpaired) electrons. The van der Waals surface area contributed by atoms with Gasteiger partial charge in [0.25, 0.3) is 5.56 Å². The molecule has 1 aromatic heterocycles. The van der Waals surface area contributed by atoms with Crippen molar-refractivity contribution in [3.8, 4) is 23.1 Å². The van der Waals surface area contributed by atoms with Crippen LogP contribution in [0.3, 0.4) is 0 Å². The van der Waals surface area contributed by atoms with Gasteiger partial charge >= 0.3 is 0 Å². The van der Waals surface area contributed by atoms with Crippen LogP contribution in [0.2, 0.25) is 0 Å². The molecule has 0 atom stereocenters. The lowest BCUT2D eigenvalue weighted by atomic mass is 10.1. The number of anilines is 1. The quantitative estimate of drug-likeness (QED) is 0.415. The zero-order valence-corrected chi connectivity index (χ0v) is 17.2. The summed E-state index contributed by atoms with van der Waals surface area (Å²) in [6, 6.07) is 18.3. The fourth-order valence-corrected chi connectivity index (χ4v) is 3.10. The van der Waals surface area contributed by atoms with E-state index >= 15 is 0 Å². The largest absolute Gasteiger partial charge is 0.493 e. The predicted octanol–water partition coefficient (Wildman–Crippen LogP) is 2.90. The van der Waals surface area contributed by atoms with Crippen LogP contribution in [-0.4, -0.2) is 42.3 Å². The molecule has 0 spiro atoms. The number of hydrogen-bond acceptors (Lipinski definition) is 8. The Labute approximate surface area is 184 Å². The van der Waals surface area contributed by atoms with Crippen molar-refractivity contribution in [2.75, 3.05) is 25.2 Å². The highest BCUT2D eigenvalue weighted by atomic mass is 16.7. The van der Waals surface area contributed by atoms with Crippen LogP contribution >= 0.6 is 0 Å². The Balaban J connectivity index is 1.38. The van der Waals surface area contributed by atoms with Gasteiger partial charge in [-0.05, 0) is 29.8 Å². The lowest BCUT2D eigenvalue weighted by molar-refractivity contribution is -0.0531. The van der Waals surface area contributed by atoms with Crippen LogP contribution in [0.5, 0.6) is 5.75 Å². The predicted molar refractivity (Wildman–Crippen MR) is 118 cm³/mol. The second-order valence-electron chi connectivity index (χ2n) is 6.86. The molecule has 32 heavy (non-hydrogen) atoms. The average molecular weight is 431 g/mol. The number of aromatic amines is 1. The zero-order chi connectivity index (χ0) is 22.2. The van der Waals surface area contributed by atoms with Gasteiger partial charge in [-0.3, -0.25) is 9.78 Å². The molecule has 9 heteroatoms. The molecule has 9 nitrogen and oxygen atoms in total. The van der Waals surface area contributed by atoms with Crippen molar-refractivity contribution in [1.82, 2.24) is 9.97 Å². The molecule has 0 unspecified atom stereocenters. The summed E-state index contributed by atoms with van der Waals surface area (Å²) in [5.41, 5.74) is 3.92. The molecular formula is C23H21N5O4. The lowest BCUT2D eigenvalue weighted by Gasteiger charge is -2.10. The minimum atomic E-state index is -0.533. The molecule has 2 heterocycles. The number of H-pyrrole nitrogens is 1. The summed E-state index contributed by atoms with van der Waals surface area (Å²) < 4.78 is 16.4. The van der Waals surface area contributed by atoms with Gasteiger partial charge in [-0.2, -0.15) is 10.4 Å². The zero-order valence-electron chi connectivity index (χ0n) is 17.2. The number of aromatic nitrogens is 2. The molecule has 162 valence electrons. The van der Waals surface area contributed by atoms with Gasteiger partial charge in [0.15, 0.2) is 6.29 Å². The van der Waals surface area contributed by atoms with Gasteiger partial charge in [-0.1, -0.05) is 30.3 Å². The average Bonchev–Trinajstić information content (AvgIpc) is 3.34. The van der Waals surface area contributed by atoms with E-state index in [1.54, 1.807) is 18.3 Å². The maximum Gasteiger partial charge on any atom is 0.270 e. The minimum Gasteiger partial charge on any atom is -0.493 e. The Hall–Kier alpha value is -4.00. The van der Waals surface area contributed by atoms with Crippen LogP contribution in [0.15, 0.2) is 64.5 Å². The SMILES string of the molecule is N#Cc1c(-c2ccccc2)nc(NN=Cc2ccc(OCCC3OCCO3)cc2)[nH]c1=O. The Morgan fingerprint density at radius 1 is 1.19 bits per heavy atom. The van der Waals surface area contributed by atoms with Crippen molar-refractivity contribution in [1.29, 1.82) is 5.26 Å². The molecule has 1 aliphatic rings. The van der Waals surface area contributed by atoms with E-state index in [1.807, 2.05) is 48.5 Å². The van der Waals surface area contributed by atoms with Crippen LogP contribution < -0.4 is 15.7 Å². The van der Waals surface area contributed by atoms with Gasteiger partial charge in [-0.25, -0.2) is 10.4 Å². The maximum atomic E-state index is 12.3. The number of benzene rings is 2. The maximum absolute atomic E-state index is 12.3. The summed E-state index contributed by atoms with van der Waals surface area (Å²) >= 11 is 0. The monoisotopic (exact) mass is 431 g/mol. The molecule has 1 fully saturated rings.